The first-order chi connectivity index (χ1) is 15.7. The predicted octanol–water partition coefficient (Wildman–Crippen LogP) is 4.40. The summed E-state index contributed by atoms with van der Waals surface area (Å²) in [5.41, 5.74) is 3.98. The number of nitrogens with one attached hydrogen (secondary N) is 2. The van der Waals surface area contributed by atoms with Crippen LogP contribution in [0.2, 0.25) is 0 Å². The maximum atomic E-state index is 13.1. The van der Waals surface area contributed by atoms with Crippen LogP contribution in [-0.2, 0) is 10.0 Å². The second-order valence-electron chi connectivity index (χ2n) is 7.85. The monoisotopic (exact) mass is 461 g/mol. The van der Waals surface area contributed by atoms with Crippen LogP contribution in [0.5, 0.6) is 0 Å². The molecule has 0 aliphatic carbocycles. The summed E-state index contributed by atoms with van der Waals surface area (Å²) >= 11 is 0. The molecule has 1 aromatic heterocycles. The van der Waals surface area contributed by atoms with Gasteiger partial charge in [-0.05, 0) is 68.3 Å². The van der Waals surface area contributed by atoms with E-state index in [2.05, 4.69) is 15.2 Å². The summed E-state index contributed by atoms with van der Waals surface area (Å²) in [4.78, 5) is 15.4. The molecule has 0 saturated heterocycles. The van der Waals surface area contributed by atoms with E-state index in [9.17, 15) is 13.2 Å². The van der Waals surface area contributed by atoms with E-state index >= 15 is 0 Å². The molecule has 2 N–H and O–H groups in total. The number of fused-ring (bicyclic) bond motifs is 1. The number of para-hydroxylation sites is 1. The molecule has 7 nitrogen and oxygen atoms in total. The molecule has 0 radical (unpaired) electrons. The van der Waals surface area contributed by atoms with Gasteiger partial charge >= 0.3 is 0 Å². The van der Waals surface area contributed by atoms with E-state index in [4.69, 9.17) is 4.42 Å². The van der Waals surface area contributed by atoms with Crippen LogP contribution in [0.1, 0.15) is 27.0 Å². The first kappa shape index (κ1) is 22.3. The molecule has 0 spiro atoms. The van der Waals surface area contributed by atoms with Crippen molar-refractivity contribution in [2.75, 3.05) is 5.32 Å². The maximum Gasteiger partial charge on any atom is 0.276 e. The summed E-state index contributed by atoms with van der Waals surface area (Å²) in [6.45, 7) is 5.74. The maximum absolute atomic E-state index is 13.1. The Morgan fingerprint density at radius 2 is 1.52 bits per heavy atom. The number of amides is 1. The Balaban J connectivity index is 1.75. The fraction of sp³-hybridized carbons (Fsp3) is 0.120. The third-order valence-electron chi connectivity index (χ3n) is 4.98. The molecule has 0 aliphatic heterocycles. The third kappa shape index (κ3) is 5.12. The standard InChI is InChI=1S/C25H23N3O4S/c1-16-8-10-21(11-9-16)33(30,31)28-27-25-22(15-19-6-4-5-7-23(19)32-25)24(29)26-20-13-17(2)12-18(3)14-20/h4-15,28H,1-3H3,(H,26,29). The molecule has 4 rings (SSSR count). The molecule has 0 aliphatic rings. The number of carbonyl (C=O) groups excluding carboxylic acids is 1. The van der Waals surface area contributed by atoms with Crippen molar-refractivity contribution in [3.63, 3.8) is 0 Å². The lowest BCUT2D eigenvalue weighted by molar-refractivity contribution is 0.102. The number of benzene rings is 3. The van der Waals surface area contributed by atoms with Gasteiger partial charge < -0.3 is 9.73 Å². The van der Waals surface area contributed by atoms with Gasteiger partial charge in [0.1, 0.15) is 11.1 Å². The molecule has 168 valence electrons. The quantitative estimate of drug-likeness (QED) is 0.430. The molecular formula is C25H23N3O4S. The minimum atomic E-state index is -3.95. The average molecular weight is 462 g/mol. The number of sulfonamides is 1. The molecule has 1 amide bonds. The summed E-state index contributed by atoms with van der Waals surface area (Å²) in [6.07, 6.45) is 0. The van der Waals surface area contributed by atoms with E-state index in [-0.39, 0.29) is 16.0 Å². The average Bonchev–Trinajstić information content (AvgIpc) is 2.76. The minimum absolute atomic E-state index is 0.0545. The molecule has 0 unspecified atom stereocenters. The molecule has 4 aromatic rings. The van der Waals surface area contributed by atoms with Gasteiger partial charge in [0, 0.05) is 11.1 Å². The molecule has 1 heterocycles. The Labute approximate surface area is 191 Å². The lowest BCUT2D eigenvalue weighted by Gasteiger charge is -2.09. The molecule has 0 saturated carbocycles. The Morgan fingerprint density at radius 3 is 2.21 bits per heavy atom. The van der Waals surface area contributed by atoms with Crippen LogP contribution in [0.15, 0.2) is 87.2 Å². The Kier molecular flexibility index (Phi) is 6.02. The lowest BCUT2D eigenvalue weighted by atomic mass is 10.1. The second kappa shape index (κ2) is 8.91. The number of hydrogen-bond acceptors (Lipinski definition) is 5. The summed E-state index contributed by atoms with van der Waals surface area (Å²) in [6, 6.07) is 20.8. The zero-order valence-corrected chi connectivity index (χ0v) is 19.2. The Morgan fingerprint density at radius 1 is 0.848 bits per heavy atom. The summed E-state index contributed by atoms with van der Waals surface area (Å²) in [7, 11) is -3.95. The van der Waals surface area contributed by atoms with E-state index in [0.717, 1.165) is 16.7 Å². The number of anilines is 1. The van der Waals surface area contributed by atoms with Gasteiger partial charge in [0.15, 0.2) is 0 Å². The van der Waals surface area contributed by atoms with Gasteiger partial charge in [-0.2, -0.15) is 13.2 Å². The van der Waals surface area contributed by atoms with Crippen molar-refractivity contribution >= 4 is 32.6 Å². The first-order valence-electron chi connectivity index (χ1n) is 10.3. The van der Waals surface area contributed by atoms with Crippen molar-refractivity contribution in [1.82, 2.24) is 4.83 Å². The number of aryl methyl sites for hydroxylation is 3. The van der Waals surface area contributed by atoms with Gasteiger partial charge in [0.25, 0.3) is 15.9 Å². The summed E-state index contributed by atoms with van der Waals surface area (Å²) in [5, 5.41) is 7.49. The van der Waals surface area contributed by atoms with Gasteiger partial charge in [0.2, 0.25) is 5.55 Å². The fourth-order valence-electron chi connectivity index (χ4n) is 3.43. The molecule has 0 atom stereocenters. The molecular weight excluding hydrogens is 438 g/mol. The van der Waals surface area contributed by atoms with E-state index in [1.54, 1.807) is 36.4 Å². The van der Waals surface area contributed by atoms with E-state index in [1.807, 2.05) is 45.0 Å². The zero-order valence-electron chi connectivity index (χ0n) is 18.4. The van der Waals surface area contributed by atoms with E-state index in [0.29, 0.717) is 16.7 Å². The molecule has 33 heavy (non-hydrogen) atoms. The van der Waals surface area contributed by atoms with Crippen molar-refractivity contribution in [3.05, 3.63) is 101 Å². The molecule has 0 fully saturated rings. The van der Waals surface area contributed by atoms with Gasteiger partial charge in [0.05, 0.1) is 4.90 Å². The third-order valence-corrected chi connectivity index (χ3v) is 6.20. The van der Waals surface area contributed by atoms with Crippen LogP contribution in [0, 0.1) is 20.8 Å². The first-order valence-corrected chi connectivity index (χ1v) is 11.7. The molecule has 3 aromatic carbocycles. The predicted molar refractivity (Wildman–Crippen MR) is 127 cm³/mol. The van der Waals surface area contributed by atoms with E-state index < -0.39 is 15.9 Å². The van der Waals surface area contributed by atoms with Crippen molar-refractivity contribution in [2.45, 2.75) is 25.7 Å². The SMILES string of the molecule is Cc1ccc(S(=O)(=O)NN=c2oc3ccccc3cc2C(=O)Nc2cc(C)cc(C)c2)cc1. The van der Waals surface area contributed by atoms with Crippen LogP contribution in [-0.4, -0.2) is 14.3 Å². The van der Waals surface area contributed by atoms with Crippen molar-refractivity contribution in [3.8, 4) is 0 Å². The van der Waals surface area contributed by atoms with Gasteiger partial charge in [-0.15, -0.1) is 5.10 Å². The number of hydrogen-bond donors (Lipinski definition) is 2. The topological polar surface area (TPSA) is 101 Å². The van der Waals surface area contributed by atoms with E-state index in [1.165, 1.54) is 12.1 Å². The van der Waals surface area contributed by atoms with Crippen molar-refractivity contribution in [2.24, 2.45) is 5.10 Å². The number of rotatable bonds is 5. The van der Waals surface area contributed by atoms with Crippen molar-refractivity contribution in [1.29, 1.82) is 0 Å². The number of nitrogens with zero attached hydrogens (tertiary/aromatic N) is 1. The summed E-state index contributed by atoms with van der Waals surface area (Å²) in [5.74, 6) is -0.470. The van der Waals surface area contributed by atoms with Gasteiger partial charge in [-0.3, -0.25) is 4.79 Å². The highest BCUT2D eigenvalue weighted by Crippen LogP contribution is 2.17. The van der Waals surface area contributed by atoms with Crippen LogP contribution in [0.25, 0.3) is 11.0 Å². The Bertz CT molecular complexity index is 1500. The molecule has 0 bridgehead atoms. The van der Waals surface area contributed by atoms with Crippen molar-refractivity contribution < 1.29 is 17.6 Å². The smallest absolute Gasteiger partial charge is 0.276 e. The highest BCUT2D eigenvalue weighted by atomic mass is 32.2. The Hall–Kier alpha value is -3.91. The van der Waals surface area contributed by atoms with Crippen LogP contribution in [0.3, 0.4) is 0 Å². The largest absolute Gasteiger partial charge is 0.436 e. The minimum Gasteiger partial charge on any atom is -0.436 e. The number of carbonyl (C=O) groups is 1. The highest BCUT2D eigenvalue weighted by Gasteiger charge is 2.16. The lowest BCUT2D eigenvalue weighted by Crippen LogP contribution is -2.27. The molecule has 8 heteroatoms. The second-order valence-corrected chi connectivity index (χ2v) is 9.51. The van der Waals surface area contributed by atoms with Gasteiger partial charge in [-0.25, -0.2) is 0 Å². The van der Waals surface area contributed by atoms with Crippen LogP contribution < -0.4 is 15.7 Å². The summed E-state index contributed by atoms with van der Waals surface area (Å²) < 4.78 is 31.2. The highest BCUT2D eigenvalue weighted by molar-refractivity contribution is 7.89. The zero-order chi connectivity index (χ0) is 23.6. The van der Waals surface area contributed by atoms with Crippen LogP contribution in [0.4, 0.5) is 5.69 Å². The fourth-order valence-corrected chi connectivity index (χ4v) is 4.23. The normalized spacial score (nSPS) is 12.0. The van der Waals surface area contributed by atoms with Crippen LogP contribution >= 0.6 is 0 Å². The van der Waals surface area contributed by atoms with Gasteiger partial charge in [-0.1, -0.05) is 42.0 Å².